The molecule has 2 unspecified atom stereocenters. The fraction of sp³-hybridized carbons (Fsp3) is 0.429. The number of methoxy groups -OCH3 is 2. The summed E-state index contributed by atoms with van der Waals surface area (Å²) in [5.74, 6) is 0.248. The van der Waals surface area contributed by atoms with Crippen molar-refractivity contribution in [2.75, 3.05) is 14.2 Å². The number of rotatable bonds is 6. The van der Waals surface area contributed by atoms with Gasteiger partial charge in [-0.25, -0.2) is 0 Å². The zero-order valence-electron chi connectivity index (χ0n) is 11.1. The van der Waals surface area contributed by atoms with E-state index in [4.69, 9.17) is 9.47 Å². The monoisotopic (exact) mass is 250 g/mol. The highest BCUT2D eigenvalue weighted by Gasteiger charge is 2.24. The second-order valence-electron chi connectivity index (χ2n) is 4.21. The number of benzene rings is 1. The zero-order valence-corrected chi connectivity index (χ0v) is 11.1. The minimum Gasteiger partial charge on any atom is -0.497 e. The molecule has 0 saturated heterocycles. The number of aldehydes is 1. The quantitative estimate of drug-likeness (QED) is 0.574. The molecule has 0 spiro atoms. The van der Waals surface area contributed by atoms with Crippen molar-refractivity contribution in [1.82, 2.24) is 0 Å². The Morgan fingerprint density at radius 1 is 1.22 bits per heavy atom. The van der Waals surface area contributed by atoms with Crippen molar-refractivity contribution in [2.24, 2.45) is 11.8 Å². The summed E-state index contributed by atoms with van der Waals surface area (Å²) in [6, 6.07) is 5.04. The highest BCUT2D eigenvalue weighted by Crippen LogP contribution is 2.27. The van der Waals surface area contributed by atoms with Gasteiger partial charge in [-0.15, -0.1) is 0 Å². The first-order valence-corrected chi connectivity index (χ1v) is 5.76. The molecule has 4 nitrogen and oxygen atoms in total. The van der Waals surface area contributed by atoms with Crippen molar-refractivity contribution in [1.29, 1.82) is 0 Å². The van der Waals surface area contributed by atoms with Gasteiger partial charge in [0.15, 0.2) is 5.78 Å². The largest absolute Gasteiger partial charge is 0.497 e. The van der Waals surface area contributed by atoms with E-state index in [9.17, 15) is 9.59 Å². The Morgan fingerprint density at radius 3 is 2.39 bits per heavy atom. The predicted molar refractivity (Wildman–Crippen MR) is 68.3 cm³/mol. The first kappa shape index (κ1) is 14.2. The second-order valence-corrected chi connectivity index (χ2v) is 4.21. The maximum atomic E-state index is 12.3. The summed E-state index contributed by atoms with van der Waals surface area (Å²) >= 11 is 0. The molecule has 1 aromatic rings. The third kappa shape index (κ3) is 2.88. The molecule has 2 atom stereocenters. The standard InChI is InChI=1S/C14H18O4/c1-9(8-15)10(2)14(16)12-7-11(17-3)5-6-13(12)18-4/h5-10H,1-4H3. The van der Waals surface area contributed by atoms with E-state index in [1.165, 1.54) is 14.2 Å². The van der Waals surface area contributed by atoms with Crippen LogP contribution in [0.4, 0.5) is 0 Å². The third-order valence-corrected chi connectivity index (χ3v) is 3.09. The van der Waals surface area contributed by atoms with Crippen molar-refractivity contribution in [2.45, 2.75) is 13.8 Å². The number of hydrogen-bond acceptors (Lipinski definition) is 4. The number of carbonyl (C=O) groups is 2. The molecular formula is C14H18O4. The van der Waals surface area contributed by atoms with Gasteiger partial charge in [0.2, 0.25) is 0 Å². The molecule has 0 fully saturated rings. The average molecular weight is 250 g/mol. The van der Waals surface area contributed by atoms with Gasteiger partial charge in [0.1, 0.15) is 17.8 Å². The molecule has 18 heavy (non-hydrogen) atoms. The van der Waals surface area contributed by atoms with Crippen molar-refractivity contribution in [3.05, 3.63) is 23.8 Å². The first-order valence-electron chi connectivity index (χ1n) is 5.76. The molecular weight excluding hydrogens is 232 g/mol. The molecule has 0 N–H and O–H groups in total. The molecule has 0 amide bonds. The third-order valence-electron chi connectivity index (χ3n) is 3.09. The SMILES string of the molecule is COc1ccc(OC)c(C(=O)C(C)C(C)C=O)c1. The van der Waals surface area contributed by atoms with E-state index >= 15 is 0 Å². The van der Waals surface area contributed by atoms with Crippen molar-refractivity contribution in [3.8, 4) is 11.5 Å². The summed E-state index contributed by atoms with van der Waals surface area (Å²) in [7, 11) is 3.04. The highest BCUT2D eigenvalue weighted by atomic mass is 16.5. The van der Waals surface area contributed by atoms with E-state index in [2.05, 4.69) is 0 Å². The van der Waals surface area contributed by atoms with Gasteiger partial charge in [-0.3, -0.25) is 4.79 Å². The van der Waals surface area contributed by atoms with E-state index in [1.54, 1.807) is 32.0 Å². The van der Waals surface area contributed by atoms with E-state index < -0.39 is 0 Å². The van der Waals surface area contributed by atoms with Crippen LogP contribution in [0, 0.1) is 11.8 Å². The van der Waals surface area contributed by atoms with Gasteiger partial charge in [0.25, 0.3) is 0 Å². The molecule has 0 aliphatic rings. The van der Waals surface area contributed by atoms with Crippen LogP contribution in [-0.4, -0.2) is 26.3 Å². The molecule has 4 heteroatoms. The lowest BCUT2D eigenvalue weighted by Crippen LogP contribution is -2.20. The molecule has 1 aromatic carbocycles. The van der Waals surface area contributed by atoms with E-state index in [1.807, 2.05) is 0 Å². The van der Waals surface area contributed by atoms with Crippen LogP contribution in [0.5, 0.6) is 11.5 Å². The maximum absolute atomic E-state index is 12.3. The predicted octanol–water partition coefficient (Wildman–Crippen LogP) is 2.36. The number of Topliss-reactive ketones (excluding diaryl/α,β-unsaturated/α-hetero) is 1. The van der Waals surface area contributed by atoms with Crippen molar-refractivity contribution < 1.29 is 19.1 Å². The second kappa shape index (κ2) is 6.19. The van der Waals surface area contributed by atoms with Gasteiger partial charge >= 0.3 is 0 Å². The molecule has 0 radical (unpaired) electrons. The van der Waals surface area contributed by atoms with E-state index in [0.717, 1.165) is 6.29 Å². The van der Waals surface area contributed by atoms with Crippen LogP contribution in [-0.2, 0) is 4.79 Å². The molecule has 0 aliphatic carbocycles. The van der Waals surface area contributed by atoms with Crippen molar-refractivity contribution in [3.63, 3.8) is 0 Å². The first-order chi connectivity index (χ1) is 8.54. The lowest BCUT2D eigenvalue weighted by atomic mass is 9.89. The Labute approximate surface area is 107 Å². The molecule has 1 rings (SSSR count). The van der Waals surface area contributed by atoms with Crippen LogP contribution in [0.2, 0.25) is 0 Å². The molecule has 0 bridgehead atoms. The zero-order chi connectivity index (χ0) is 13.7. The van der Waals surface area contributed by atoms with Crippen LogP contribution in [0.15, 0.2) is 18.2 Å². The smallest absolute Gasteiger partial charge is 0.170 e. The Kier molecular flexibility index (Phi) is 4.89. The lowest BCUT2D eigenvalue weighted by Gasteiger charge is -2.16. The Morgan fingerprint density at radius 2 is 1.89 bits per heavy atom. The highest BCUT2D eigenvalue weighted by molar-refractivity contribution is 6.01. The number of hydrogen-bond donors (Lipinski definition) is 0. The molecule has 0 heterocycles. The topological polar surface area (TPSA) is 52.6 Å². The van der Waals surface area contributed by atoms with Crippen LogP contribution >= 0.6 is 0 Å². The van der Waals surface area contributed by atoms with Gasteiger partial charge in [0.05, 0.1) is 19.8 Å². The summed E-state index contributed by atoms with van der Waals surface area (Å²) in [5, 5.41) is 0. The number of ketones is 1. The van der Waals surface area contributed by atoms with E-state index in [-0.39, 0.29) is 17.6 Å². The Balaban J connectivity index is 3.13. The minimum absolute atomic E-state index is 0.120. The fourth-order valence-corrected chi connectivity index (χ4v) is 1.61. The van der Waals surface area contributed by atoms with Crippen LogP contribution in [0.25, 0.3) is 0 Å². The Bertz CT molecular complexity index is 439. The van der Waals surface area contributed by atoms with Gasteiger partial charge in [-0.05, 0) is 18.2 Å². The summed E-state index contributed by atoms with van der Waals surface area (Å²) in [5.41, 5.74) is 0.443. The number of ether oxygens (including phenoxy) is 2. The molecule has 0 aliphatic heterocycles. The molecule has 98 valence electrons. The minimum atomic E-state index is -0.386. The van der Waals surface area contributed by atoms with Crippen LogP contribution in [0.1, 0.15) is 24.2 Å². The number of carbonyl (C=O) groups excluding carboxylic acids is 2. The fourth-order valence-electron chi connectivity index (χ4n) is 1.61. The molecule has 0 saturated carbocycles. The van der Waals surface area contributed by atoms with Gasteiger partial charge in [-0.1, -0.05) is 13.8 Å². The summed E-state index contributed by atoms with van der Waals surface area (Å²) in [6.07, 6.45) is 0.787. The summed E-state index contributed by atoms with van der Waals surface area (Å²) in [6.45, 7) is 3.46. The maximum Gasteiger partial charge on any atom is 0.170 e. The Hall–Kier alpha value is -1.84. The van der Waals surface area contributed by atoms with Crippen molar-refractivity contribution >= 4 is 12.1 Å². The molecule has 0 aromatic heterocycles. The average Bonchev–Trinajstić information content (AvgIpc) is 2.43. The van der Waals surface area contributed by atoms with Gasteiger partial charge < -0.3 is 14.3 Å². The van der Waals surface area contributed by atoms with Gasteiger partial charge in [0, 0.05) is 11.8 Å². The van der Waals surface area contributed by atoms with E-state index in [0.29, 0.717) is 17.1 Å². The van der Waals surface area contributed by atoms with Crippen LogP contribution < -0.4 is 9.47 Å². The lowest BCUT2D eigenvalue weighted by molar-refractivity contribution is -0.111. The summed E-state index contributed by atoms with van der Waals surface area (Å²) < 4.78 is 10.3. The van der Waals surface area contributed by atoms with Crippen LogP contribution in [0.3, 0.4) is 0 Å². The summed E-state index contributed by atoms with van der Waals surface area (Å²) in [4.78, 5) is 23.0. The normalized spacial score (nSPS) is 13.6. The van der Waals surface area contributed by atoms with Gasteiger partial charge in [-0.2, -0.15) is 0 Å².